The molecule has 0 atom stereocenters. The molecule has 2 N–H and O–H groups in total. The van der Waals surface area contributed by atoms with Crippen molar-refractivity contribution >= 4 is 39.5 Å². The van der Waals surface area contributed by atoms with E-state index in [0.29, 0.717) is 5.11 Å². The van der Waals surface area contributed by atoms with Gasteiger partial charge >= 0.3 is 0 Å². The van der Waals surface area contributed by atoms with E-state index in [4.69, 9.17) is 17.0 Å². The Labute approximate surface area is 160 Å². The molecule has 0 fully saturated rings. The maximum Gasteiger partial charge on any atom is 0.175 e. The lowest BCUT2D eigenvalue weighted by Crippen LogP contribution is -2.20. The number of nitrogens with one attached hydrogen (secondary N) is 2. The van der Waals surface area contributed by atoms with E-state index in [2.05, 4.69) is 61.7 Å². The molecule has 0 saturated heterocycles. The van der Waals surface area contributed by atoms with Crippen molar-refractivity contribution in [1.29, 1.82) is 0 Å². The predicted octanol–water partition coefficient (Wildman–Crippen LogP) is 5.95. The zero-order valence-electron chi connectivity index (χ0n) is 15.6. The first-order valence-corrected chi connectivity index (χ1v) is 9.03. The molecule has 0 spiro atoms. The van der Waals surface area contributed by atoms with Crippen molar-refractivity contribution in [3.8, 4) is 5.75 Å². The number of thiocarbonyl (C=S) groups is 1. The lowest BCUT2D eigenvalue weighted by molar-refractivity contribution is 0.416. The van der Waals surface area contributed by atoms with Crippen molar-refractivity contribution in [1.82, 2.24) is 0 Å². The number of methoxy groups -OCH3 is 1. The van der Waals surface area contributed by atoms with Gasteiger partial charge in [-0.1, -0.05) is 63.2 Å². The third-order valence-corrected chi connectivity index (χ3v) is 4.56. The third kappa shape index (κ3) is 3.97. The second kappa shape index (κ2) is 7.34. The number of anilines is 2. The van der Waals surface area contributed by atoms with Gasteiger partial charge in [0.15, 0.2) is 5.11 Å². The Morgan fingerprint density at radius 1 is 0.885 bits per heavy atom. The van der Waals surface area contributed by atoms with Gasteiger partial charge in [0, 0.05) is 11.1 Å². The van der Waals surface area contributed by atoms with Gasteiger partial charge in [0.2, 0.25) is 0 Å². The second-order valence-electron chi connectivity index (χ2n) is 7.27. The molecule has 3 nitrogen and oxygen atoms in total. The molecule has 0 amide bonds. The number of benzene rings is 3. The van der Waals surface area contributed by atoms with Crippen LogP contribution in [0.15, 0.2) is 60.7 Å². The summed E-state index contributed by atoms with van der Waals surface area (Å²) in [6.45, 7) is 6.56. The van der Waals surface area contributed by atoms with Crippen LogP contribution in [0.25, 0.3) is 10.8 Å². The van der Waals surface area contributed by atoms with Gasteiger partial charge in [-0.2, -0.15) is 0 Å². The summed E-state index contributed by atoms with van der Waals surface area (Å²) in [6.07, 6.45) is 0. The molecule has 0 unspecified atom stereocenters. The minimum atomic E-state index is 0.0490. The van der Waals surface area contributed by atoms with Crippen LogP contribution in [-0.4, -0.2) is 12.2 Å². The van der Waals surface area contributed by atoms with Gasteiger partial charge in [-0.25, -0.2) is 0 Å². The highest BCUT2D eigenvalue weighted by Gasteiger charge is 2.16. The fourth-order valence-corrected chi connectivity index (χ4v) is 3.10. The fourth-order valence-electron chi connectivity index (χ4n) is 2.88. The Balaban J connectivity index is 1.86. The first-order valence-electron chi connectivity index (χ1n) is 8.63. The summed E-state index contributed by atoms with van der Waals surface area (Å²) in [5, 5.41) is 9.43. The number of hydrogen-bond donors (Lipinski definition) is 2. The minimum Gasteiger partial charge on any atom is -0.495 e. The van der Waals surface area contributed by atoms with E-state index in [1.807, 2.05) is 30.3 Å². The molecule has 3 aromatic rings. The van der Waals surface area contributed by atoms with Crippen molar-refractivity contribution in [3.63, 3.8) is 0 Å². The van der Waals surface area contributed by atoms with Crippen molar-refractivity contribution in [3.05, 3.63) is 66.2 Å². The van der Waals surface area contributed by atoms with Crippen LogP contribution in [0.4, 0.5) is 11.4 Å². The minimum absolute atomic E-state index is 0.0490. The van der Waals surface area contributed by atoms with Crippen LogP contribution in [0.1, 0.15) is 26.3 Å². The lowest BCUT2D eigenvalue weighted by Gasteiger charge is -2.22. The average molecular weight is 365 g/mol. The van der Waals surface area contributed by atoms with Gasteiger partial charge < -0.3 is 15.4 Å². The third-order valence-electron chi connectivity index (χ3n) is 4.35. The summed E-state index contributed by atoms with van der Waals surface area (Å²) >= 11 is 5.55. The molecule has 26 heavy (non-hydrogen) atoms. The zero-order valence-corrected chi connectivity index (χ0v) is 16.4. The normalized spacial score (nSPS) is 11.2. The standard InChI is InChI=1S/C22H24N2OS/c1-22(2,3)16-12-13-20(25-4)19(14-16)24-21(26)23-18-11-7-9-15-8-5-6-10-17(15)18/h5-14H,1-4H3,(H2,23,24,26). The number of hydrogen-bond acceptors (Lipinski definition) is 2. The summed E-state index contributed by atoms with van der Waals surface area (Å²) < 4.78 is 5.48. The van der Waals surface area contributed by atoms with Gasteiger partial charge in [-0.3, -0.25) is 0 Å². The molecule has 0 aliphatic rings. The first kappa shape index (κ1) is 18.2. The van der Waals surface area contributed by atoms with E-state index in [9.17, 15) is 0 Å². The monoisotopic (exact) mass is 364 g/mol. The number of ether oxygens (including phenoxy) is 1. The van der Waals surface area contributed by atoms with Gasteiger partial charge in [0.05, 0.1) is 12.8 Å². The molecular formula is C22H24N2OS. The predicted molar refractivity (Wildman–Crippen MR) is 115 cm³/mol. The van der Waals surface area contributed by atoms with E-state index in [1.54, 1.807) is 7.11 Å². The molecule has 0 bridgehead atoms. The summed E-state index contributed by atoms with van der Waals surface area (Å²) in [5.41, 5.74) is 3.10. The molecular weight excluding hydrogens is 340 g/mol. The van der Waals surface area contributed by atoms with Gasteiger partial charge in [0.25, 0.3) is 0 Å². The van der Waals surface area contributed by atoms with Crippen molar-refractivity contribution in [2.45, 2.75) is 26.2 Å². The summed E-state index contributed by atoms with van der Waals surface area (Å²) in [6, 6.07) is 20.5. The highest BCUT2D eigenvalue weighted by molar-refractivity contribution is 7.80. The van der Waals surface area contributed by atoms with E-state index in [-0.39, 0.29) is 5.41 Å². The Morgan fingerprint density at radius 2 is 1.58 bits per heavy atom. The average Bonchev–Trinajstić information content (AvgIpc) is 2.61. The largest absolute Gasteiger partial charge is 0.495 e. The molecule has 0 aliphatic heterocycles. The lowest BCUT2D eigenvalue weighted by atomic mass is 9.87. The van der Waals surface area contributed by atoms with E-state index >= 15 is 0 Å². The number of rotatable bonds is 3. The Kier molecular flexibility index (Phi) is 5.14. The molecule has 3 aromatic carbocycles. The summed E-state index contributed by atoms with van der Waals surface area (Å²) in [5.74, 6) is 0.764. The van der Waals surface area contributed by atoms with Crippen LogP contribution in [0.3, 0.4) is 0 Å². The topological polar surface area (TPSA) is 33.3 Å². The molecule has 3 rings (SSSR count). The van der Waals surface area contributed by atoms with E-state index < -0.39 is 0 Å². The van der Waals surface area contributed by atoms with Crippen LogP contribution in [0.2, 0.25) is 0 Å². The highest BCUT2D eigenvalue weighted by Crippen LogP contribution is 2.32. The van der Waals surface area contributed by atoms with Gasteiger partial charge in [-0.15, -0.1) is 0 Å². The maximum atomic E-state index is 5.55. The Bertz CT molecular complexity index is 939. The summed E-state index contributed by atoms with van der Waals surface area (Å²) in [7, 11) is 1.67. The molecule has 134 valence electrons. The molecule has 4 heteroatoms. The second-order valence-corrected chi connectivity index (χ2v) is 7.68. The highest BCUT2D eigenvalue weighted by atomic mass is 32.1. The van der Waals surface area contributed by atoms with Crippen molar-refractivity contribution in [2.24, 2.45) is 0 Å². The smallest absolute Gasteiger partial charge is 0.175 e. The molecule has 0 radical (unpaired) electrons. The molecule has 0 saturated carbocycles. The quantitative estimate of drug-likeness (QED) is 0.562. The Hall–Kier alpha value is -2.59. The molecule has 0 heterocycles. The van der Waals surface area contributed by atoms with Gasteiger partial charge in [0.1, 0.15) is 5.75 Å². The number of fused-ring (bicyclic) bond motifs is 1. The van der Waals surface area contributed by atoms with Crippen molar-refractivity contribution < 1.29 is 4.74 Å². The molecule has 0 aromatic heterocycles. The first-order chi connectivity index (χ1) is 12.4. The van der Waals surface area contributed by atoms with Crippen LogP contribution in [0, 0.1) is 0 Å². The maximum absolute atomic E-state index is 5.55. The van der Waals surface area contributed by atoms with E-state index in [0.717, 1.165) is 22.5 Å². The van der Waals surface area contributed by atoms with Crippen LogP contribution < -0.4 is 15.4 Å². The summed E-state index contributed by atoms with van der Waals surface area (Å²) in [4.78, 5) is 0. The molecule has 0 aliphatic carbocycles. The van der Waals surface area contributed by atoms with Crippen molar-refractivity contribution in [2.75, 3.05) is 17.7 Å². The van der Waals surface area contributed by atoms with Crippen LogP contribution in [0.5, 0.6) is 5.75 Å². The van der Waals surface area contributed by atoms with E-state index in [1.165, 1.54) is 10.9 Å². The Morgan fingerprint density at radius 3 is 2.31 bits per heavy atom. The van der Waals surface area contributed by atoms with Gasteiger partial charge in [-0.05, 0) is 46.8 Å². The SMILES string of the molecule is COc1ccc(C(C)(C)C)cc1NC(=S)Nc1cccc2ccccc12. The zero-order chi connectivity index (χ0) is 18.7. The fraction of sp³-hybridized carbons (Fsp3) is 0.227. The van der Waals surface area contributed by atoms with Crippen LogP contribution in [-0.2, 0) is 5.41 Å². The van der Waals surface area contributed by atoms with Crippen LogP contribution >= 0.6 is 12.2 Å².